The predicted molar refractivity (Wildman–Crippen MR) is 121 cm³/mol. The van der Waals surface area contributed by atoms with Gasteiger partial charge in [0.05, 0.1) is 18.5 Å². The SMILES string of the molecule is COc1ccccc1CCC(=O)O[C@H](C)C(=O)Nc1c(C)n(C)n(-c2ccccc2)c1=O. The monoisotopic (exact) mass is 437 g/mol. The van der Waals surface area contributed by atoms with Crippen LogP contribution in [0.2, 0.25) is 0 Å². The number of nitrogens with one attached hydrogen (secondary N) is 1. The molecule has 0 aliphatic heterocycles. The summed E-state index contributed by atoms with van der Waals surface area (Å²) in [5.41, 5.74) is 1.93. The van der Waals surface area contributed by atoms with Crippen LogP contribution in [0.1, 0.15) is 24.6 Å². The van der Waals surface area contributed by atoms with Gasteiger partial charge in [-0.25, -0.2) is 4.68 Å². The number of anilines is 1. The molecular formula is C24H27N3O5. The number of hydrogen-bond acceptors (Lipinski definition) is 5. The Bertz CT molecular complexity index is 1160. The van der Waals surface area contributed by atoms with Crippen molar-refractivity contribution >= 4 is 17.6 Å². The van der Waals surface area contributed by atoms with E-state index < -0.39 is 18.0 Å². The summed E-state index contributed by atoms with van der Waals surface area (Å²) >= 11 is 0. The minimum absolute atomic E-state index is 0.100. The van der Waals surface area contributed by atoms with Crippen molar-refractivity contribution in [3.05, 3.63) is 76.2 Å². The molecule has 0 fully saturated rings. The van der Waals surface area contributed by atoms with E-state index in [2.05, 4.69) is 5.32 Å². The third-order valence-corrected chi connectivity index (χ3v) is 5.27. The van der Waals surface area contributed by atoms with Crippen molar-refractivity contribution in [2.45, 2.75) is 32.8 Å². The van der Waals surface area contributed by atoms with E-state index in [1.54, 1.807) is 37.9 Å². The lowest BCUT2D eigenvalue weighted by Gasteiger charge is -2.13. The summed E-state index contributed by atoms with van der Waals surface area (Å²) in [6, 6.07) is 16.5. The van der Waals surface area contributed by atoms with E-state index in [4.69, 9.17) is 9.47 Å². The van der Waals surface area contributed by atoms with Crippen LogP contribution in [0, 0.1) is 6.92 Å². The molecule has 0 saturated carbocycles. The first-order valence-electron chi connectivity index (χ1n) is 10.3. The number of aryl methyl sites for hydroxylation is 1. The molecule has 1 heterocycles. The Balaban J connectivity index is 1.65. The highest BCUT2D eigenvalue weighted by Crippen LogP contribution is 2.19. The third kappa shape index (κ3) is 4.91. The lowest BCUT2D eigenvalue weighted by molar-refractivity contribution is -0.153. The Labute approximate surface area is 186 Å². The van der Waals surface area contributed by atoms with Gasteiger partial charge in [0.15, 0.2) is 6.10 Å². The van der Waals surface area contributed by atoms with E-state index >= 15 is 0 Å². The smallest absolute Gasteiger partial charge is 0.306 e. The molecule has 0 unspecified atom stereocenters. The number of para-hydroxylation sites is 2. The molecule has 1 amide bonds. The molecule has 168 valence electrons. The summed E-state index contributed by atoms with van der Waals surface area (Å²) in [4.78, 5) is 37.8. The van der Waals surface area contributed by atoms with Gasteiger partial charge in [0.1, 0.15) is 11.4 Å². The van der Waals surface area contributed by atoms with Crippen molar-refractivity contribution in [3.63, 3.8) is 0 Å². The number of carbonyl (C=O) groups is 2. The first kappa shape index (κ1) is 22.9. The molecule has 0 bridgehead atoms. The lowest BCUT2D eigenvalue weighted by Crippen LogP contribution is -2.32. The van der Waals surface area contributed by atoms with Crippen LogP contribution in [0.15, 0.2) is 59.4 Å². The first-order valence-corrected chi connectivity index (χ1v) is 10.3. The molecule has 0 saturated heterocycles. The van der Waals surface area contributed by atoms with Gasteiger partial charge in [0, 0.05) is 13.5 Å². The summed E-state index contributed by atoms with van der Waals surface area (Å²) < 4.78 is 13.7. The molecule has 2 aromatic carbocycles. The maximum Gasteiger partial charge on any atom is 0.306 e. The summed E-state index contributed by atoms with van der Waals surface area (Å²) in [6.07, 6.45) is -0.524. The molecule has 0 aliphatic rings. The number of carbonyl (C=O) groups excluding carboxylic acids is 2. The van der Waals surface area contributed by atoms with Crippen LogP contribution in [0.4, 0.5) is 5.69 Å². The molecule has 32 heavy (non-hydrogen) atoms. The number of aromatic nitrogens is 2. The summed E-state index contributed by atoms with van der Waals surface area (Å²) in [6.45, 7) is 3.21. The second-order valence-corrected chi connectivity index (χ2v) is 7.37. The van der Waals surface area contributed by atoms with Crippen molar-refractivity contribution in [2.75, 3.05) is 12.4 Å². The largest absolute Gasteiger partial charge is 0.496 e. The number of nitrogens with zero attached hydrogens (tertiary/aromatic N) is 2. The molecule has 3 aromatic rings. The molecule has 1 N–H and O–H groups in total. The van der Waals surface area contributed by atoms with Crippen LogP contribution < -0.4 is 15.6 Å². The molecule has 8 nitrogen and oxygen atoms in total. The summed E-state index contributed by atoms with van der Waals surface area (Å²) in [5, 5.41) is 2.62. The van der Waals surface area contributed by atoms with Crippen molar-refractivity contribution in [3.8, 4) is 11.4 Å². The normalized spacial score (nSPS) is 11.6. The van der Waals surface area contributed by atoms with E-state index in [1.165, 1.54) is 11.6 Å². The van der Waals surface area contributed by atoms with Crippen molar-refractivity contribution < 1.29 is 19.1 Å². The van der Waals surface area contributed by atoms with Crippen LogP contribution in [-0.4, -0.2) is 34.5 Å². The molecule has 8 heteroatoms. The number of esters is 1. The Kier molecular flexibility index (Phi) is 7.14. The zero-order valence-electron chi connectivity index (χ0n) is 18.6. The van der Waals surface area contributed by atoms with Crippen LogP contribution in [0.3, 0.4) is 0 Å². The number of amides is 1. The van der Waals surface area contributed by atoms with Crippen LogP contribution in [0.5, 0.6) is 5.75 Å². The fourth-order valence-corrected chi connectivity index (χ4v) is 3.39. The highest BCUT2D eigenvalue weighted by Gasteiger charge is 2.23. The van der Waals surface area contributed by atoms with Crippen molar-refractivity contribution in [1.82, 2.24) is 9.36 Å². The van der Waals surface area contributed by atoms with Gasteiger partial charge in [0.2, 0.25) is 0 Å². The minimum atomic E-state index is -1.05. The van der Waals surface area contributed by atoms with Gasteiger partial charge in [-0.2, -0.15) is 0 Å². The van der Waals surface area contributed by atoms with E-state index in [0.29, 0.717) is 23.6 Å². The number of rotatable bonds is 8. The van der Waals surface area contributed by atoms with Crippen LogP contribution >= 0.6 is 0 Å². The Hall–Kier alpha value is -3.81. The van der Waals surface area contributed by atoms with Gasteiger partial charge in [-0.3, -0.25) is 19.1 Å². The molecule has 0 spiro atoms. The standard InChI is InChI=1S/C24H27N3O5/c1-16-22(24(30)27(26(16)3)19-11-6-5-7-12-19)25-23(29)17(2)32-21(28)15-14-18-10-8-9-13-20(18)31-4/h5-13,17H,14-15H2,1-4H3,(H,25,29)/t17-/m1/s1. The number of hydrogen-bond donors (Lipinski definition) is 1. The molecule has 1 aromatic heterocycles. The number of benzene rings is 2. The zero-order chi connectivity index (χ0) is 23.3. The predicted octanol–water partition coefficient (Wildman–Crippen LogP) is 3.00. The van der Waals surface area contributed by atoms with E-state index in [0.717, 1.165) is 5.56 Å². The number of ether oxygens (including phenoxy) is 2. The van der Waals surface area contributed by atoms with E-state index in [-0.39, 0.29) is 17.7 Å². The van der Waals surface area contributed by atoms with Gasteiger partial charge in [-0.05, 0) is 44.0 Å². The highest BCUT2D eigenvalue weighted by molar-refractivity contribution is 5.95. The maximum atomic E-state index is 12.9. The summed E-state index contributed by atoms with van der Waals surface area (Å²) in [7, 11) is 3.31. The van der Waals surface area contributed by atoms with Gasteiger partial charge >= 0.3 is 5.97 Å². The second-order valence-electron chi connectivity index (χ2n) is 7.37. The molecule has 0 radical (unpaired) electrons. The van der Waals surface area contributed by atoms with Gasteiger partial charge in [0.25, 0.3) is 11.5 Å². The lowest BCUT2D eigenvalue weighted by atomic mass is 10.1. The molecule has 1 atom stereocenters. The third-order valence-electron chi connectivity index (χ3n) is 5.27. The van der Waals surface area contributed by atoms with Gasteiger partial charge in [-0.1, -0.05) is 36.4 Å². The number of methoxy groups -OCH3 is 1. The Morgan fingerprint density at radius 1 is 1.06 bits per heavy atom. The van der Waals surface area contributed by atoms with Gasteiger partial charge in [-0.15, -0.1) is 0 Å². The first-order chi connectivity index (χ1) is 15.3. The summed E-state index contributed by atoms with van der Waals surface area (Å²) in [5.74, 6) is -0.382. The molecule has 3 rings (SSSR count). The van der Waals surface area contributed by atoms with Crippen LogP contribution in [-0.2, 0) is 27.8 Å². The van der Waals surface area contributed by atoms with E-state index in [1.807, 2.05) is 42.5 Å². The van der Waals surface area contributed by atoms with Crippen molar-refractivity contribution in [2.24, 2.45) is 7.05 Å². The molecule has 0 aliphatic carbocycles. The minimum Gasteiger partial charge on any atom is -0.496 e. The maximum absolute atomic E-state index is 12.9. The van der Waals surface area contributed by atoms with Crippen molar-refractivity contribution in [1.29, 1.82) is 0 Å². The fourth-order valence-electron chi connectivity index (χ4n) is 3.39. The highest BCUT2D eigenvalue weighted by atomic mass is 16.5. The van der Waals surface area contributed by atoms with Crippen LogP contribution in [0.25, 0.3) is 5.69 Å². The second kappa shape index (κ2) is 10.00. The quantitative estimate of drug-likeness (QED) is 0.547. The van der Waals surface area contributed by atoms with E-state index in [9.17, 15) is 14.4 Å². The molecular weight excluding hydrogens is 410 g/mol. The fraction of sp³-hybridized carbons (Fsp3) is 0.292. The average Bonchev–Trinajstić information content (AvgIpc) is 3.01. The zero-order valence-corrected chi connectivity index (χ0v) is 18.6. The van der Waals surface area contributed by atoms with Gasteiger partial charge < -0.3 is 14.8 Å². The average molecular weight is 437 g/mol. The Morgan fingerprint density at radius 2 is 1.72 bits per heavy atom. The topological polar surface area (TPSA) is 91.6 Å². The Morgan fingerprint density at radius 3 is 2.41 bits per heavy atom.